The van der Waals surface area contributed by atoms with Gasteiger partial charge in [0.05, 0.1) is 0 Å². The number of nitrogens with one attached hydrogen (secondary N) is 1. The number of amides is 1. The fourth-order valence-electron chi connectivity index (χ4n) is 3.30. The number of nitrogens with zero attached hydrogens (tertiary/aromatic N) is 1. The molecule has 26 heavy (non-hydrogen) atoms. The van der Waals surface area contributed by atoms with Gasteiger partial charge in [-0.15, -0.1) is 12.4 Å². The van der Waals surface area contributed by atoms with Crippen molar-refractivity contribution in [3.63, 3.8) is 0 Å². The van der Waals surface area contributed by atoms with Gasteiger partial charge in [0.15, 0.2) is 27.5 Å². The van der Waals surface area contributed by atoms with Gasteiger partial charge in [-0.3, -0.25) is 4.79 Å². The molecular weight excluding hydrogens is 390 g/mol. The topological polar surface area (TPSA) is 75.7 Å². The maximum Gasteiger partial charge on any atom is 0.263 e. The van der Waals surface area contributed by atoms with Crippen molar-refractivity contribution in [2.45, 2.75) is 36.3 Å². The molecule has 0 saturated carbocycles. The highest BCUT2D eigenvalue weighted by molar-refractivity contribution is 7.90. The second kappa shape index (κ2) is 8.06. The van der Waals surface area contributed by atoms with Gasteiger partial charge in [0.25, 0.3) is 5.91 Å². The minimum absolute atomic E-state index is 0. The Morgan fingerprint density at radius 3 is 2.42 bits per heavy atom. The average molecular weight is 411 g/mol. The van der Waals surface area contributed by atoms with E-state index in [0.717, 1.165) is 32.2 Å². The first-order chi connectivity index (χ1) is 11.8. The summed E-state index contributed by atoms with van der Waals surface area (Å²) < 4.78 is 56.2. The van der Waals surface area contributed by atoms with Crippen LogP contribution in [0, 0.1) is 11.6 Å². The molecule has 2 aliphatic rings. The molecule has 0 aliphatic carbocycles. The third-order valence-electron chi connectivity index (χ3n) is 4.60. The number of hydrogen-bond donors (Lipinski definition) is 1. The van der Waals surface area contributed by atoms with E-state index in [1.807, 2.05) is 0 Å². The Hall–Kier alpha value is -1.45. The molecule has 6 nitrogen and oxygen atoms in total. The summed E-state index contributed by atoms with van der Waals surface area (Å²) in [6.07, 6.45) is 2.00. The molecular formula is C16H21ClF2N2O4S. The van der Waals surface area contributed by atoms with Crippen molar-refractivity contribution >= 4 is 28.2 Å². The van der Waals surface area contributed by atoms with Crippen LogP contribution in [0.25, 0.3) is 0 Å². The lowest BCUT2D eigenvalue weighted by Gasteiger charge is -2.31. The molecule has 1 aromatic carbocycles. The molecule has 1 N–H and O–H groups in total. The lowest BCUT2D eigenvalue weighted by Crippen LogP contribution is -2.45. The van der Waals surface area contributed by atoms with Gasteiger partial charge in [0.1, 0.15) is 10.7 Å². The van der Waals surface area contributed by atoms with E-state index in [0.29, 0.717) is 25.1 Å². The molecule has 146 valence electrons. The van der Waals surface area contributed by atoms with E-state index >= 15 is 0 Å². The number of ether oxygens (including phenoxy) is 1. The summed E-state index contributed by atoms with van der Waals surface area (Å²) in [6.45, 7) is 2.19. The maximum atomic E-state index is 14.1. The summed E-state index contributed by atoms with van der Waals surface area (Å²) in [5, 5.41) is 3.23. The first-order valence-corrected chi connectivity index (χ1v) is 10.0. The van der Waals surface area contributed by atoms with E-state index in [-0.39, 0.29) is 24.4 Å². The van der Waals surface area contributed by atoms with Gasteiger partial charge in [0.2, 0.25) is 0 Å². The highest BCUT2D eigenvalue weighted by Crippen LogP contribution is 2.28. The Kier molecular flexibility index (Phi) is 6.46. The van der Waals surface area contributed by atoms with Crippen LogP contribution in [-0.2, 0) is 14.6 Å². The molecule has 0 bridgehead atoms. The summed E-state index contributed by atoms with van der Waals surface area (Å²) >= 11 is 0. The number of likely N-dealkylation sites (tertiary alicyclic amines) is 1. The number of hydrogen-bond acceptors (Lipinski definition) is 5. The van der Waals surface area contributed by atoms with Crippen LogP contribution in [0.4, 0.5) is 8.78 Å². The molecule has 0 aromatic heterocycles. The zero-order chi connectivity index (χ0) is 18.2. The number of rotatable bonds is 4. The number of sulfone groups is 1. The van der Waals surface area contributed by atoms with E-state index < -0.39 is 38.2 Å². The third-order valence-corrected chi connectivity index (χ3v) is 5.71. The van der Waals surface area contributed by atoms with Crippen molar-refractivity contribution in [3.8, 4) is 5.75 Å². The number of carbonyl (C=O) groups excluding carboxylic acids is 1. The van der Waals surface area contributed by atoms with Crippen LogP contribution in [-0.4, -0.2) is 57.3 Å². The molecule has 1 unspecified atom stereocenters. The SMILES string of the molecule is CS(=O)(=O)c1cc(F)c(OC2CCN(C3CCNCC3)C2=O)cc1F.Cl. The largest absolute Gasteiger partial charge is 0.477 e. The fourth-order valence-corrected chi connectivity index (χ4v) is 4.03. The van der Waals surface area contributed by atoms with Crippen molar-refractivity contribution < 1.29 is 26.7 Å². The smallest absolute Gasteiger partial charge is 0.263 e. The van der Waals surface area contributed by atoms with Crippen LogP contribution in [0.1, 0.15) is 19.3 Å². The molecule has 1 atom stereocenters. The first-order valence-electron chi connectivity index (χ1n) is 8.14. The van der Waals surface area contributed by atoms with E-state index in [2.05, 4.69) is 5.32 Å². The summed E-state index contributed by atoms with van der Waals surface area (Å²) in [7, 11) is -3.89. The van der Waals surface area contributed by atoms with Crippen molar-refractivity contribution in [2.75, 3.05) is 25.9 Å². The minimum atomic E-state index is -3.89. The number of carbonyl (C=O) groups is 1. The Morgan fingerprint density at radius 1 is 1.15 bits per heavy atom. The second-order valence-electron chi connectivity index (χ2n) is 6.39. The van der Waals surface area contributed by atoms with E-state index in [4.69, 9.17) is 4.74 Å². The standard InChI is InChI=1S/C16H20F2N2O4S.ClH/c1-25(22,23)15-9-11(17)14(8-12(15)18)24-13-4-7-20(16(13)21)10-2-5-19-6-3-10;/h8-10,13,19H,2-7H2,1H3;1H. The van der Waals surface area contributed by atoms with Crippen molar-refractivity contribution in [1.82, 2.24) is 10.2 Å². The normalized spacial score (nSPS) is 21.6. The summed E-state index contributed by atoms with van der Waals surface area (Å²) in [5.41, 5.74) is 0. The number of piperidine rings is 1. The lowest BCUT2D eigenvalue weighted by molar-refractivity contribution is -0.135. The summed E-state index contributed by atoms with van der Waals surface area (Å²) in [6, 6.07) is 1.41. The average Bonchev–Trinajstić information content (AvgIpc) is 2.91. The lowest BCUT2D eigenvalue weighted by atomic mass is 10.1. The summed E-state index contributed by atoms with van der Waals surface area (Å²) in [5.74, 6) is -2.79. The minimum Gasteiger partial charge on any atom is -0.477 e. The molecule has 1 aromatic rings. The van der Waals surface area contributed by atoms with Gasteiger partial charge in [-0.05, 0) is 32.0 Å². The quantitative estimate of drug-likeness (QED) is 0.814. The predicted molar refractivity (Wildman–Crippen MR) is 93.4 cm³/mol. The van der Waals surface area contributed by atoms with Gasteiger partial charge in [-0.2, -0.15) is 0 Å². The predicted octanol–water partition coefficient (Wildman–Crippen LogP) is 1.52. The molecule has 0 spiro atoms. The molecule has 3 rings (SSSR count). The summed E-state index contributed by atoms with van der Waals surface area (Å²) in [4.78, 5) is 13.5. The molecule has 2 heterocycles. The van der Waals surface area contributed by atoms with Gasteiger partial charge in [-0.1, -0.05) is 0 Å². The Morgan fingerprint density at radius 2 is 1.81 bits per heavy atom. The molecule has 0 radical (unpaired) electrons. The zero-order valence-electron chi connectivity index (χ0n) is 14.2. The van der Waals surface area contributed by atoms with Crippen molar-refractivity contribution in [2.24, 2.45) is 0 Å². The van der Waals surface area contributed by atoms with E-state index in [1.54, 1.807) is 4.90 Å². The Labute approximate surface area is 157 Å². The van der Waals surface area contributed by atoms with Gasteiger partial charge in [0, 0.05) is 31.3 Å². The van der Waals surface area contributed by atoms with Crippen LogP contribution in [0.3, 0.4) is 0 Å². The van der Waals surface area contributed by atoms with E-state index in [9.17, 15) is 22.0 Å². The van der Waals surface area contributed by atoms with Crippen molar-refractivity contribution in [1.29, 1.82) is 0 Å². The van der Waals surface area contributed by atoms with E-state index in [1.165, 1.54) is 0 Å². The zero-order valence-corrected chi connectivity index (χ0v) is 15.8. The molecule has 2 fully saturated rings. The van der Waals surface area contributed by atoms with Gasteiger partial charge < -0.3 is 15.0 Å². The number of benzene rings is 1. The Balaban J connectivity index is 0.00000243. The van der Waals surface area contributed by atoms with Crippen LogP contribution in [0.2, 0.25) is 0 Å². The molecule has 2 saturated heterocycles. The third kappa shape index (κ3) is 4.27. The maximum absolute atomic E-state index is 14.1. The monoisotopic (exact) mass is 410 g/mol. The molecule has 1 amide bonds. The van der Waals surface area contributed by atoms with Crippen LogP contribution >= 0.6 is 12.4 Å². The fraction of sp³-hybridized carbons (Fsp3) is 0.562. The van der Waals surface area contributed by atoms with Crippen molar-refractivity contribution in [3.05, 3.63) is 23.8 Å². The molecule has 2 aliphatic heterocycles. The highest BCUT2D eigenvalue weighted by atomic mass is 35.5. The van der Waals surface area contributed by atoms with Crippen LogP contribution in [0.15, 0.2) is 17.0 Å². The van der Waals surface area contributed by atoms with Gasteiger partial charge >= 0.3 is 0 Å². The first kappa shape index (κ1) is 20.9. The number of halogens is 3. The second-order valence-corrected chi connectivity index (χ2v) is 8.38. The Bertz CT molecular complexity index is 785. The van der Waals surface area contributed by atoms with Crippen LogP contribution < -0.4 is 10.1 Å². The molecule has 10 heteroatoms. The van der Waals surface area contributed by atoms with Crippen LogP contribution in [0.5, 0.6) is 5.75 Å². The highest BCUT2D eigenvalue weighted by Gasteiger charge is 2.38. The van der Waals surface area contributed by atoms with Gasteiger partial charge in [-0.25, -0.2) is 17.2 Å².